The third-order valence-electron chi connectivity index (χ3n) is 3.94. The summed E-state index contributed by atoms with van der Waals surface area (Å²) < 4.78 is 2.06. The molecule has 0 amide bonds. The highest BCUT2D eigenvalue weighted by Crippen LogP contribution is 2.31. The average molecular weight is 236 g/mol. The van der Waals surface area contributed by atoms with Crippen LogP contribution in [-0.4, -0.2) is 9.55 Å². The van der Waals surface area contributed by atoms with Crippen LogP contribution in [0, 0.1) is 0 Å². The zero-order chi connectivity index (χ0) is 12.7. The molecule has 1 heterocycles. The number of hydrogen-bond acceptors (Lipinski definition) is 1. The smallest absolute Gasteiger partial charge is 0.0947 e. The Morgan fingerprint density at radius 1 is 1.18 bits per heavy atom. The highest BCUT2D eigenvalue weighted by atomic mass is 15.0. The first-order valence-electron chi connectivity index (χ1n) is 7.11. The van der Waals surface area contributed by atoms with Crippen molar-refractivity contribution in [3.05, 3.63) is 18.2 Å². The second-order valence-corrected chi connectivity index (χ2v) is 5.50. The van der Waals surface area contributed by atoms with Crippen LogP contribution in [0.25, 0.3) is 0 Å². The van der Waals surface area contributed by atoms with Crippen LogP contribution in [-0.2, 0) is 12.5 Å². The molecule has 1 aromatic rings. The van der Waals surface area contributed by atoms with Crippen LogP contribution < -0.4 is 0 Å². The Kier molecular flexibility index (Phi) is 5.73. The third kappa shape index (κ3) is 4.18. The van der Waals surface area contributed by atoms with Crippen LogP contribution in [0.1, 0.15) is 71.4 Å². The zero-order valence-corrected chi connectivity index (χ0v) is 12.0. The van der Waals surface area contributed by atoms with Gasteiger partial charge in [-0.05, 0) is 12.8 Å². The van der Waals surface area contributed by atoms with E-state index in [1.165, 1.54) is 50.6 Å². The first-order chi connectivity index (χ1) is 8.12. The summed E-state index contributed by atoms with van der Waals surface area (Å²) in [6.45, 7) is 6.90. The lowest BCUT2D eigenvalue weighted by Crippen LogP contribution is -2.21. The summed E-state index contributed by atoms with van der Waals surface area (Å²) in [5.74, 6) is 0. The van der Waals surface area contributed by atoms with Gasteiger partial charge in [-0.25, -0.2) is 4.98 Å². The SMILES string of the molecule is CCCCCCCC(C)(CC)c1cn(C)cn1. The molecule has 1 unspecified atom stereocenters. The molecule has 0 aliphatic rings. The molecule has 0 N–H and O–H groups in total. The maximum atomic E-state index is 4.54. The minimum atomic E-state index is 0.271. The van der Waals surface area contributed by atoms with Gasteiger partial charge in [0.25, 0.3) is 0 Å². The van der Waals surface area contributed by atoms with Crippen LogP contribution in [0.4, 0.5) is 0 Å². The summed E-state index contributed by atoms with van der Waals surface area (Å²) in [7, 11) is 2.05. The number of imidazole rings is 1. The quantitative estimate of drug-likeness (QED) is 0.610. The fraction of sp³-hybridized carbons (Fsp3) is 0.800. The van der Waals surface area contributed by atoms with E-state index in [9.17, 15) is 0 Å². The first-order valence-corrected chi connectivity index (χ1v) is 7.11. The molecule has 1 aromatic heterocycles. The number of aryl methyl sites for hydroxylation is 1. The van der Waals surface area contributed by atoms with Crippen molar-refractivity contribution in [2.45, 2.75) is 71.1 Å². The molecule has 0 saturated carbocycles. The average Bonchev–Trinajstić information content (AvgIpc) is 2.76. The van der Waals surface area contributed by atoms with Gasteiger partial charge in [0.15, 0.2) is 0 Å². The summed E-state index contributed by atoms with van der Waals surface area (Å²) in [5, 5.41) is 0. The fourth-order valence-electron chi connectivity index (χ4n) is 2.33. The van der Waals surface area contributed by atoms with Gasteiger partial charge in [-0.1, -0.05) is 52.9 Å². The topological polar surface area (TPSA) is 17.8 Å². The summed E-state index contributed by atoms with van der Waals surface area (Å²) in [6.07, 6.45) is 13.3. The molecule has 2 heteroatoms. The van der Waals surface area contributed by atoms with Gasteiger partial charge in [-0.2, -0.15) is 0 Å². The maximum absolute atomic E-state index is 4.54. The van der Waals surface area contributed by atoms with Crippen molar-refractivity contribution in [3.8, 4) is 0 Å². The second kappa shape index (κ2) is 6.83. The molecule has 98 valence electrons. The first kappa shape index (κ1) is 14.3. The molecule has 1 atom stereocenters. The predicted octanol–water partition coefficient (Wildman–Crippen LogP) is 4.45. The molecule has 0 aromatic carbocycles. The molecule has 0 saturated heterocycles. The molecule has 0 aliphatic heterocycles. The number of rotatable bonds is 8. The van der Waals surface area contributed by atoms with E-state index in [0.29, 0.717) is 0 Å². The standard InChI is InChI=1S/C15H28N2/c1-5-7-8-9-10-11-15(3,6-2)14-12-17(4)13-16-14/h12-13H,5-11H2,1-4H3. The Hall–Kier alpha value is -0.790. The molecule has 0 aliphatic carbocycles. The van der Waals surface area contributed by atoms with Crippen LogP contribution in [0.2, 0.25) is 0 Å². The molecular formula is C15H28N2. The van der Waals surface area contributed by atoms with E-state index < -0.39 is 0 Å². The monoisotopic (exact) mass is 236 g/mol. The van der Waals surface area contributed by atoms with Crippen LogP contribution in [0.15, 0.2) is 12.5 Å². The van der Waals surface area contributed by atoms with Gasteiger partial charge in [0, 0.05) is 18.7 Å². The van der Waals surface area contributed by atoms with E-state index in [4.69, 9.17) is 0 Å². The molecule has 17 heavy (non-hydrogen) atoms. The maximum Gasteiger partial charge on any atom is 0.0947 e. The van der Waals surface area contributed by atoms with E-state index in [0.717, 1.165) is 0 Å². The number of nitrogens with zero attached hydrogens (tertiary/aromatic N) is 2. The largest absolute Gasteiger partial charge is 0.340 e. The zero-order valence-electron chi connectivity index (χ0n) is 12.0. The Balaban J connectivity index is 2.46. The molecule has 0 radical (unpaired) electrons. The van der Waals surface area contributed by atoms with Crippen molar-refractivity contribution in [1.29, 1.82) is 0 Å². The van der Waals surface area contributed by atoms with E-state index in [1.807, 2.05) is 13.4 Å². The van der Waals surface area contributed by atoms with E-state index in [1.54, 1.807) is 0 Å². The molecule has 0 fully saturated rings. The van der Waals surface area contributed by atoms with Gasteiger partial charge in [-0.3, -0.25) is 0 Å². The summed E-state index contributed by atoms with van der Waals surface area (Å²) >= 11 is 0. The van der Waals surface area contributed by atoms with Crippen LogP contribution in [0.3, 0.4) is 0 Å². The van der Waals surface area contributed by atoms with E-state index >= 15 is 0 Å². The van der Waals surface area contributed by atoms with Crippen molar-refractivity contribution in [1.82, 2.24) is 9.55 Å². The van der Waals surface area contributed by atoms with Gasteiger partial charge in [0.2, 0.25) is 0 Å². The number of unbranched alkanes of at least 4 members (excludes halogenated alkanes) is 4. The van der Waals surface area contributed by atoms with Gasteiger partial charge >= 0.3 is 0 Å². The Morgan fingerprint density at radius 3 is 2.41 bits per heavy atom. The fourth-order valence-corrected chi connectivity index (χ4v) is 2.33. The Bertz CT molecular complexity index is 316. The Morgan fingerprint density at radius 2 is 1.88 bits per heavy atom. The molecule has 1 rings (SSSR count). The lowest BCUT2D eigenvalue weighted by atomic mass is 9.79. The second-order valence-electron chi connectivity index (χ2n) is 5.50. The lowest BCUT2D eigenvalue weighted by Gasteiger charge is -2.26. The normalized spacial score (nSPS) is 14.8. The van der Waals surface area contributed by atoms with E-state index in [2.05, 4.69) is 36.5 Å². The minimum Gasteiger partial charge on any atom is -0.340 e. The summed E-state index contributed by atoms with van der Waals surface area (Å²) in [6, 6.07) is 0. The summed E-state index contributed by atoms with van der Waals surface area (Å²) in [4.78, 5) is 4.54. The van der Waals surface area contributed by atoms with Crippen molar-refractivity contribution < 1.29 is 0 Å². The van der Waals surface area contributed by atoms with Crippen molar-refractivity contribution in [2.24, 2.45) is 7.05 Å². The van der Waals surface area contributed by atoms with Crippen LogP contribution >= 0.6 is 0 Å². The number of aromatic nitrogens is 2. The van der Waals surface area contributed by atoms with E-state index in [-0.39, 0.29) is 5.41 Å². The highest BCUT2D eigenvalue weighted by Gasteiger charge is 2.26. The molecule has 0 bridgehead atoms. The number of hydrogen-bond donors (Lipinski definition) is 0. The molecule has 0 spiro atoms. The molecule has 2 nitrogen and oxygen atoms in total. The lowest BCUT2D eigenvalue weighted by molar-refractivity contribution is 0.386. The van der Waals surface area contributed by atoms with Gasteiger partial charge in [0.05, 0.1) is 12.0 Å². The minimum absolute atomic E-state index is 0.271. The van der Waals surface area contributed by atoms with Gasteiger partial charge in [-0.15, -0.1) is 0 Å². The highest BCUT2D eigenvalue weighted by molar-refractivity contribution is 5.12. The van der Waals surface area contributed by atoms with Crippen LogP contribution in [0.5, 0.6) is 0 Å². The third-order valence-corrected chi connectivity index (χ3v) is 3.94. The van der Waals surface area contributed by atoms with Gasteiger partial charge < -0.3 is 4.57 Å². The van der Waals surface area contributed by atoms with Gasteiger partial charge in [0.1, 0.15) is 0 Å². The summed E-state index contributed by atoms with van der Waals surface area (Å²) in [5.41, 5.74) is 1.53. The van der Waals surface area contributed by atoms with Crippen molar-refractivity contribution in [2.75, 3.05) is 0 Å². The van der Waals surface area contributed by atoms with Crippen molar-refractivity contribution in [3.63, 3.8) is 0 Å². The Labute approximate surface area is 106 Å². The van der Waals surface area contributed by atoms with Crippen molar-refractivity contribution >= 4 is 0 Å². The predicted molar refractivity (Wildman–Crippen MR) is 74.2 cm³/mol. The molecular weight excluding hydrogens is 208 g/mol.